The zero-order chi connectivity index (χ0) is 16.8. The third-order valence-corrected chi connectivity index (χ3v) is 5.45. The standard InChI is InChI=1S/C18H25N3O2S/c1-2-6-17(22)21(10-5-9-20-11-13-23-14-12-20)18-19-15-7-3-4-8-16(15)24-18/h3-4,7-8H,2,5-6,9-14H2,1H3/p+1. The van der Waals surface area contributed by atoms with Crippen LogP contribution in [-0.4, -0.2) is 50.3 Å². The fourth-order valence-corrected chi connectivity index (χ4v) is 4.06. The van der Waals surface area contributed by atoms with Gasteiger partial charge in [0.25, 0.3) is 0 Å². The summed E-state index contributed by atoms with van der Waals surface area (Å²) in [4.78, 5) is 20.7. The van der Waals surface area contributed by atoms with Crippen molar-refractivity contribution in [2.24, 2.45) is 0 Å². The van der Waals surface area contributed by atoms with Gasteiger partial charge in [0.1, 0.15) is 13.1 Å². The summed E-state index contributed by atoms with van der Waals surface area (Å²) in [5.74, 6) is 0.188. The van der Waals surface area contributed by atoms with E-state index in [0.717, 1.165) is 67.6 Å². The van der Waals surface area contributed by atoms with Gasteiger partial charge >= 0.3 is 0 Å². The Kier molecular flexibility index (Phi) is 6.18. The minimum absolute atomic E-state index is 0.188. The molecule has 1 saturated heterocycles. The van der Waals surface area contributed by atoms with Crippen LogP contribution in [0.3, 0.4) is 0 Å². The molecular weight excluding hydrogens is 322 g/mol. The number of morpholine rings is 1. The Bertz CT molecular complexity index is 634. The third kappa shape index (κ3) is 4.32. The number of rotatable bonds is 7. The van der Waals surface area contributed by atoms with Crippen molar-refractivity contribution in [3.8, 4) is 0 Å². The van der Waals surface area contributed by atoms with Crippen molar-refractivity contribution < 1.29 is 14.4 Å². The topological polar surface area (TPSA) is 46.9 Å². The maximum atomic E-state index is 12.6. The van der Waals surface area contributed by atoms with Gasteiger partial charge in [0.05, 0.1) is 30.0 Å². The first-order valence-corrected chi connectivity index (χ1v) is 9.67. The number of thiazole rings is 1. The van der Waals surface area contributed by atoms with Crippen LogP contribution in [0.25, 0.3) is 10.2 Å². The molecule has 1 fully saturated rings. The number of hydrogen-bond donors (Lipinski definition) is 1. The van der Waals surface area contributed by atoms with Gasteiger partial charge in [0, 0.05) is 19.4 Å². The summed E-state index contributed by atoms with van der Waals surface area (Å²) >= 11 is 1.61. The van der Waals surface area contributed by atoms with E-state index in [1.54, 1.807) is 16.2 Å². The molecule has 5 nitrogen and oxygen atoms in total. The zero-order valence-electron chi connectivity index (χ0n) is 14.3. The number of para-hydroxylation sites is 1. The highest BCUT2D eigenvalue weighted by Gasteiger charge is 2.20. The summed E-state index contributed by atoms with van der Waals surface area (Å²) in [6, 6.07) is 8.09. The Balaban J connectivity index is 1.67. The number of amides is 1. The van der Waals surface area contributed by atoms with Crippen LogP contribution in [0.2, 0.25) is 0 Å². The Morgan fingerprint density at radius 3 is 2.88 bits per heavy atom. The lowest BCUT2D eigenvalue weighted by Gasteiger charge is -2.25. The van der Waals surface area contributed by atoms with Crippen LogP contribution >= 0.6 is 11.3 Å². The monoisotopic (exact) mass is 348 g/mol. The molecule has 0 aliphatic carbocycles. The first-order valence-electron chi connectivity index (χ1n) is 8.85. The average molecular weight is 348 g/mol. The van der Waals surface area contributed by atoms with E-state index in [-0.39, 0.29) is 5.91 Å². The Hall–Kier alpha value is -1.50. The van der Waals surface area contributed by atoms with Gasteiger partial charge in [-0.1, -0.05) is 30.4 Å². The first kappa shape index (κ1) is 17.3. The van der Waals surface area contributed by atoms with Crippen molar-refractivity contribution in [3.63, 3.8) is 0 Å². The molecule has 3 rings (SSSR count). The summed E-state index contributed by atoms with van der Waals surface area (Å²) in [6.07, 6.45) is 2.45. The van der Waals surface area contributed by atoms with Crippen LogP contribution in [-0.2, 0) is 9.53 Å². The van der Waals surface area contributed by atoms with Crippen LogP contribution in [0.5, 0.6) is 0 Å². The maximum absolute atomic E-state index is 12.6. The molecular formula is C18H26N3O2S+. The number of ether oxygens (including phenoxy) is 1. The van der Waals surface area contributed by atoms with Gasteiger partial charge < -0.3 is 9.64 Å². The Morgan fingerprint density at radius 2 is 2.12 bits per heavy atom. The molecule has 24 heavy (non-hydrogen) atoms. The number of nitrogens with zero attached hydrogens (tertiary/aromatic N) is 2. The molecule has 0 saturated carbocycles. The number of nitrogens with one attached hydrogen (secondary N) is 1. The molecule has 0 atom stereocenters. The number of carbonyl (C=O) groups is 1. The fraction of sp³-hybridized carbons (Fsp3) is 0.556. The number of anilines is 1. The Morgan fingerprint density at radius 1 is 1.33 bits per heavy atom. The van der Waals surface area contributed by atoms with E-state index < -0.39 is 0 Å². The summed E-state index contributed by atoms with van der Waals surface area (Å²) in [6.45, 7) is 7.74. The van der Waals surface area contributed by atoms with Crippen LogP contribution in [0.15, 0.2) is 24.3 Å². The van der Waals surface area contributed by atoms with E-state index in [1.165, 1.54) is 0 Å². The summed E-state index contributed by atoms with van der Waals surface area (Å²) in [5, 5.41) is 0.839. The summed E-state index contributed by atoms with van der Waals surface area (Å²) in [5.41, 5.74) is 0.977. The minimum atomic E-state index is 0.188. The van der Waals surface area contributed by atoms with E-state index in [0.29, 0.717) is 6.42 Å². The van der Waals surface area contributed by atoms with Crippen molar-refractivity contribution >= 4 is 32.6 Å². The van der Waals surface area contributed by atoms with Gasteiger partial charge in [-0.15, -0.1) is 0 Å². The number of aromatic nitrogens is 1. The highest BCUT2D eigenvalue weighted by atomic mass is 32.1. The molecule has 0 unspecified atom stereocenters. The SMILES string of the molecule is CCCC(=O)N(CCC[NH+]1CCOCC1)c1nc2ccccc2s1. The second-order valence-corrected chi connectivity index (χ2v) is 7.23. The van der Waals surface area contributed by atoms with Gasteiger partial charge in [0.2, 0.25) is 5.91 Å². The fourth-order valence-electron chi connectivity index (χ4n) is 3.05. The quantitative estimate of drug-likeness (QED) is 0.829. The van der Waals surface area contributed by atoms with Crippen LogP contribution in [0.1, 0.15) is 26.2 Å². The molecule has 0 spiro atoms. The predicted molar refractivity (Wildman–Crippen MR) is 97.9 cm³/mol. The molecule has 1 aliphatic rings. The first-order chi connectivity index (χ1) is 11.8. The average Bonchev–Trinajstić information content (AvgIpc) is 3.03. The Labute approximate surface area is 147 Å². The zero-order valence-corrected chi connectivity index (χ0v) is 15.1. The molecule has 2 heterocycles. The summed E-state index contributed by atoms with van der Waals surface area (Å²) in [7, 11) is 0. The highest BCUT2D eigenvalue weighted by Crippen LogP contribution is 2.29. The number of quaternary nitrogens is 1. The van der Waals surface area contributed by atoms with Crippen molar-refractivity contribution in [2.75, 3.05) is 44.3 Å². The number of benzene rings is 1. The van der Waals surface area contributed by atoms with Crippen LogP contribution in [0.4, 0.5) is 5.13 Å². The molecule has 6 heteroatoms. The molecule has 2 aromatic rings. The van der Waals surface area contributed by atoms with Gasteiger partial charge in [-0.3, -0.25) is 9.69 Å². The van der Waals surface area contributed by atoms with Crippen molar-refractivity contribution in [2.45, 2.75) is 26.2 Å². The molecule has 0 radical (unpaired) electrons. The number of fused-ring (bicyclic) bond motifs is 1. The van der Waals surface area contributed by atoms with Crippen LogP contribution in [0, 0.1) is 0 Å². The van der Waals surface area contributed by atoms with Crippen molar-refractivity contribution in [1.82, 2.24) is 4.98 Å². The number of carbonyl (C=O) groups excluding carboxylic acids is 1. The van der Waals surface area contributed by atoms with Crippen LogP contribution < -0.4 is 9.80 Å². The van der Waals surface area contributed by atoms with Crippen molar-refractivity contribution in [3.05, 3.63) is 24.3 Å². The van der Waals surface area contributed by atoms with E-state index in [9.17, 15) is 4.79 Å². The lowest BCUT2D eigenvalue weighted by atomic mass is 10.2. The van der Waals surface area contributed by atoms with Gasteiger partial charge in [-0.25, -0.2) is 4.98 Å². The van der Waals surface area contributed by atoms with E-state index >= 15 is 0 Å². The second kappa shape index (κ2) is 8.55. The van der Waals surface area contributed by atoms with E-state index in [4.69, 9.17) is 4.74 Å². The largest absolute Gasteiger partial charge is 0.370 e. The van der Waals surface area contributed by atoms with Gasteiger partial charge in [-0.05, 0) is 18.6 Å². The van der Waals surface area contributed by atoms with Gasteiger partial charge in [-0.2, -0.15) is 0 Å². The normalized spacial score (nSPS) is 15.7. The van der Waals surface area contributed by atoms with E-state index in [1.807, 2.05) is 30.0 Å². The van der Waals surface area contributed by atoms with Crippen molar-refractivity contribution in [1.29, 1.82) is 0 Å². The third-order valence-electron chi connectivity index (χ3n) is 4.39. The molecule has 1 aliphatic heterocycles. The molecule has 1 aromatic carbocycles. The molecule has 1 amide bonds. The van der Waals surface area contributed by atoms with E-state index in [2.05, 4.69) is 11.1 Å². The highest BCUT2D eigenvalue weighted by molar-refractivity contribution is 7.22. The lowest BCUT2D eigenvalue weighted by molar-refractivity contribution is -0.908. The maximum Gasteiger partial charge on any atom is 0.228 e. The molecule has 0 bridgehead atoms. The summed E-state index contributed by atoms with van der Waals surface area (Å²) < 4.78 is 6.55. The second-order valence-electron chi connectivity index (χ2n) is 6.23. The predicted octanol–water partition coefficient (Wildman–Crippen LogP) is 1.73. The molecule has 130 valence electrons. The smallest absolute Gasteiger partial charge is 0.228 e. The number of hydrogen-bond acceptors (Lipinski definition) is 4. The minimum Gasteiger partial charge on any atom is -0.370 e. The van der Waals surface area contributed by atoms with Gasteiger partial charge in [0.15, 0.2) is 5.13 Å². The lowest BCUT2D eigenvalue weighted by Crippen LogP contribution is -3.14. The molecule has 1 N–H and O–H groups in total. The molecule has 1 aromatic heterocycles.